The summed E-state index contributed by atoms with van der Waals surface area (Å²) in [5.41, 5.74) is 7.87. The third kappa shape index (κ3) is 2.22. The molecule has 0 saturated carbocycles. The average molecular weight is 288 g/mol. The molecule has 2 heterocycles. The Morgan fingerprint density at radius 2 is 2.15 bits per heavy atom. The van der Waals surface area contributed by atoms with Crippen molar-refractivity contribution in [2.24, 2.45) is 0 Å². The van der Waals surface area contributed by atoms with Crippen LogP contribution < -0.4 is 11.1 Å². The lowest BCUT2D eigenvalue weighted by molar-refractivity contribution is -0.127. The number of amides is 1. The molecule has 0 spiro atoms. The predicted molar refractivity (Wildman–Crippen MR) is 81.6 cm³/mol. The zero-order valence-corrected chi connectivity index (χ0v) is 12.0. The van der Waals surface area contributed by atoms with E-state index in [0.717, 1.165) is 29.1 Å². The van der Waals surface area contributed by atoms with E-state index in [1.165, 1.54) is 11.5 Å². The number of nitrogens with one attached hydrogen (secondary N) is 1. The molecule has 1 atom stereocenters. The smallest absolute Gasteiger partial charge is 0.244 e. The molecule has 1 amide bonds. The number of hydrogen-bond acceptors (Lipinski definition) is 5. The minimum Gasteiger partial charge on any atom is -0.382 e. The van der Waals surface area contributed by atoms with Crippen molar-refractivity contribution in [3.63, 3.8) is 0 Å². The highest BCUT2D eigenvalue weighted by atomic mass is 32.1. The van der Waals surface area contributed by atoms with E-state index in [-0.39, 0.29) is 11.9 Å². The fourth-order valence-corrected chi connectivity index (χ4v) is 3.19. The van der Waals surface area contributed by atoms with Crippen LogP contribution >= 0.6 is 11.5 Å². The number of carbonyl (C=O) groups is 1. The second-order valence-electron chi connectivity index (χ2n) is 4.88. The number of rotatable bonds is 3. The largest absolute Gasteiger partial charge is 0.382 e. The van der Waals surface area contributed by atoms with E-state index in [1.807, 2.05) is 37.4 Å². The number of likely N-dealkylation sites (tertiary alicyclic amines) is 1. The first-order chi connectivity index (χ1) is 9.66. The highest BCUT2D eigenvalue weighted by Gasteiger charge is 2.30. The molecule has 20 heavy (non-hydrogen) atoms. The summed E-state index contributed by atoms with van der Waals surface area (Å²) in [5.74, 6) is 0.624. The molecule has 1 aromatic heterocycles. The second kappa shape index (κ2) is 5.13. The summed E-state index contributed by atoms with van der Waals surface area (Å²) in [6.07, 6.45) is 0.807. The highest BCUT2D eigenvalue weighted by molar-refractivity contribution is 7.11. The first-order valence-corrected chi connectivity index (χ1v) is 7.26. The third-order valence-corrected chi connectivity index (χ3v) is 4.31. The molecular weight excluding hydrogens is 272 g/mol. The molecule has 5 nitrogen and oxygen atoms in total. The van der Waals surface area contributed by atoms with Gasteiger partial charge in [-0.1, -0.05) is 30.3 Å². The van der Waals surface area contributed by atoms with Crippen molar-refractivity contribution >= 4 is 28.3 Å². The summed E-state index contributed by atoms with van der Waals surface area (Å²) in [6.45, 7) is 0.783. The molecule has 3 rings (SSSR count). The molecule has 0 aliphatic carbocycles. The lowest BCUT2D eigenvalue weighted by Gasteiger charge is -2.13. The van der Waals surface area contributed by atoms with Crippen molar-refractivity contribution < 1.29 is 4.79 Å². The SMILES string of the molecule is CN1CCC(Nc2snc(N)c2-c2ccccc2)C1=O. The first kappa shape index (κ1) is 12.9. The van der Waals surface area contributed by atoms with Crippen LogP contribution in [0.2, 0.25) is 0 Å². The van der Waals surface area contributed by atoms with Gasteiger partial charge in [0.05, 0.1) is 5.56 Å². The van der Waals surface area contributed by atoms with Crippen LogP contribution in [0.15, 0.2) is 30.3 Å². The van der Waals surface area contributed by atoms with Crippen molar-refractivity contribution in [1.82, 2.24) is 9.27 Å². The highest BCUT2D eigenvalue weighted by Crippen LogP contribution is 2.37. The number of nitrogens with two attached hydrogens (primary N) is 1. The zero-order valence-electron chi connectivity index (χ0n) is 11.2. The molecule has 1 fully saturated rings. The molecular formula is C14H16N4OS. The second-order valence-corrected chi connectivity index (χ2v) is 5.66. The Hall–Kier alpha value is -2.08. The standard InChI is InChI=1S/C14H16N4OS/c1-18-8-7-10(14(18)19)16-13-11(12(15)17-20-13)9-5-3-2-4-6-9/h2-6,10,16H,7-8H2,1H3,(H2,15,17). The van der Waals surface area contributed by atoms with Crippen LogP contribution in [0.3, 0.4) is 0 Å². The molecule has 1 aromatic carbocycles. The zero-order chi connectivity index (χ0) is 14.1. The van der Waals surface area contributed by atoms with Crippen molar-refractivity contribution in [3.8, 4) is 11.1 Å². The number of hydrogen-bond donors (Lipinski definition) is 2. The van der Waals surface area contributed by atoms with E-state index in [2.05, 4.69) is 9.69 Å². The Morgan fingerprint density at radius 3 is 2.80 bits per heavy atom. The molecule has 0 bridgehead atoms. The maximum Gasteiger partial charge on any atom is 0.244 e. The summed E-state index contributed by atoms with van der Waals surface area (Å²) in [5, 5.41) is 4.16. The van der Waals surface area contributed by atoms with Crippen molar-refractivity contribution in [2.45, 2.75) is 12.5 Å². The maximum atomic E-state index is 12.0. The number of aromatic nitrogens is 1. The lowest BCUT2D eigenvalue weighted by atomic mass is 10.1. The third-order valence-electron chi connectivity index (χ3n) is 3.51. The summed E-state index contributed by atoms with van der Waals surface area (Å²) in [4.78, 5) is 13.7. The Labute approximate surface area is 121 Å². The topological polar surface area (TPSA) is 71.2 Å². The number of nitrogens with zero attached hydrogens (tertiary/aromatic N) is 2. The van der Waals surface area contributed by atoms with Crippen LogP contribution in [0.4, 0.5) is 10.8 Å². The molecule has 3 N–H and O–H groups in total. The van der Waals surface area contributed by atoms with Gasteiger partial charge in [0.1, 0.15) is 16.9 Å². The normalized spacial score (nSPS) is 18.6. The van der Waals surface area contributed by atoms with E-state index in [4.69, 9.17) is 5.73 Å². The van der Waals surface area contributed by atoms with Gasteiger partial charge in [0.2, 0.25) is 5.91 Å². The molecule has 1 unspecified atom stereocenters. The van der Waals surface area contributed by atoms with Crippen LogP contribution in [-0.4, -0.2) is 34.8 Å². The number of likely N-dealkylation sites (N-methyl/N-ethyl adjacent to an activating group) is 1. The molecule has 1 saturated heterocycles. The summed E-state index contributed by atoms with van der Waals surface area (Å²) < 4.78 is 4.21. The number of nitrogen functional groups attached to an aromatic ring is 1. The van der Waals surface area contributed by atoms with Gasteiger partial charge in [-0.3, -0.25) is 4.79 Å². The minimum absolute atomic E-state index is 0.121. The van der Waals surface area contributed by atoms with Crippen LogP contribution in [0.25, 0.3) is 11.1 Å². The van der Waals surface area contributed by atoms with Gasteiger partial charge < -0.3 is 16.0 Å². The van der Waals surface area contributed by atoms with Gasteiger partial charge in [-0.25, -0.2) is 0 Å². The fraction of sp³-hybridized carbons (Fsp3) is 0.286. The Morgan fingerprint density at radius 1 is 1.40 bits per heavy atom. The van der Waals surface area contributed by atoms with E-state index >= 15 is 0 Å². The summed E-state index contributed by atoms with van der Waals surface area (Å²) in [6, 6.07) is 9.70. The molecule has 1 aliphatic rings. The minimum atomic E-state index is -0.178. The van der Waals surface area contributed by atoms with E-state index < -0.39 is 0 Å². The fourth-order valence-electron chi connectivity index (χ4n) is 2.40. The van der Waals surface area contributed by atoms with E-state index in [9.17, 15) is 4.79 Å². The summed E-state index contributed by atoms with van der Waals surface area (Å²) in [7, 11) is 1.82. The number of carbonyl (C=O) groups excluding carboxylic acids is 1. The van der Waals surface area contributed by atoms with Gasteiger partial charge >= 0.3 is 0 Å². The quantitative estimate of drug-likeness (QED) is 0.906. The Kier molecular flexibility index (Phi) is 3.31. The van der Waals surface area contributed by atoms with Gasteiger partial charge in [0, 0.05) is 13.6 Å². The molecule has 2 aromatic rings. The molecule has 1 aliphatic heterocycles. The Bertz CT molecular complexity index is 625. The van der Waals surface area contributed by atoms with Gasteiger partial charge in [-0.2, -0.15) is 4.37 Å². The average Bonchev–Trinajstić information content (AvgIpc) is 2.98. The van der Waals surface area contributed by atoms with Crippen LogP contribution in [0.5, 0.6) is 0 Å². The van der Waals surface area contributed by atoms with Gasteiger partial charge in [-0.05, 0) is 23.5 Å². The monoisotopic (exact) mass is 288 g/mol. The van der Waals surface area contributed by atoms with Crippen LogP contribution in [0, 0.1) is 0 Å². The first-order valence-electron chi connectivity index (χ1n) is 6.49. The van der Waals surface area contributed by atoms with Crippen molar-refractivity contribution in [3.05, 3.63) is 30.3 Å². The van der Waals surface area contributed by atoms with Gasteiger partial charge in [-0.15, -0.1) is 0 Å². The molecule has 104 valence electrons. The summed E-state index contributed by atoms with van der Waals surface area (Å²) >= 11 is 1.30. The van der Waals surface area contributed by atoms with Gasteiger partial charge in [0.25, 0.3) is 0 Å². The van der Waals surface area contributed by atoms with Crippen LogP contribution in [-0.2, 0) is 4.79 Å². The molecule has 0 radical (unpaired) electrons. The van der Waals surface area contributed by atoms with Crippen molar-refractivity contribution in [2.75, 3.05) is 24.6 Å². The number of benzene rings is 1. The predicted octanol–water partition coefficient (Wildman–Crippen LogP) is 2.03. The molecule has 6 heteroatoms. The van der Waals surface area contributed by atoms with Gasteiger partial charge in [0.15, 0.2) is 0 Å². The lowest BCUT2D eigenvalue weighted by Crippen LogP contribution is -2.30. The Balaban J connectivity index is 1.90. The van der Waals surface area contributed by atoms with Crippen LogP contribution in [0.1, 0.15) is 6.42 Å². The van der Waals surface area contributed by atoms with E-state index in [1.54, 1.807) is 4.90 Å². The van der Waals surface area contributed by atoms with E-state index in [0.29, 0.717) is 5.82 Å². The maximum absolute atomic E-state index is 12.0. The van der Waals surface area contributed by atoms with Crippen molar-refractivity contribution in [1.29, 1.82) is 0 Å². The number of anilines is 2.